The molecule has 1 aromatic carbocycles. The smallest absolute Gasteiger partial charge is 0.307 e. The van der Waals surface area contributed by atoms with Gasteiger partial charge in [-0.2, -0.15) is 0 Å². The summed E-state index contributed by atoms with van der Waals surface area (Å²) in [5, 5.41) is 9.33. The maximum absolute atomic E-state index is 10.7. The highest BCUT2D eigenvalue weighted by molar-refractivity contribution is 6.32. The zero-order chi connectivity index (χ0) is 11.7. The summed E-state index contributed by atoms with van der Waals surface area (Å²) in [7, 11) is 0. The molecule has 0 atom stereocenters. The predicted molar refractivity (Wildman–Crippen MR) is 61.2 cm³/mol. The fourth-order valence-electron chi connectivity index (χ4n) is 1.58. The molecule has 0 spiro atoms. The third-order valence-electron chi connectivity index (χ3n) is 2.42. The van der Waals surface area contributed by atoms with Gasteiger partial charge >= 0.3 is 5.97 Å². The predicted octanol–water partition coefficient (Wildman–Crippen LogP) is 2.82. The topological polar surface area (TPSA) is 46.5 Å². The molecule has 2 rings (SSSR count). The zero-order valence-electron chi connectivity index (χ0n) is 9.00. The second kappa shape index (κ2) is 4.34. The largest absolute Gasteiger partial charge is 0.489 e. The number of carboxylic acids is 1. The van der Waals surface area contributed by atoms with E-state index in [1.807, 2.05) is 13.0 Å². The summed E-state index contributed by atoms with van der Waals surface area (Å²) in [6.45, 7) is 1.89. The minimum Gasteiger partial charge on any atom is -0.489 e. The Bertz CT molecular complexity index is 425. The molecule has 0 aromatic heterocycles. The number of rotatable bonds is 4. The molecule has 1 fully saturated rings. The van der Waals surface area contributed by atoms with E-state index >= 15 is 0 Å². The third-order valence-corrected chi connectivity index (χ3v) is 2.70. The molecular weight excluding hydrogens is 228 g/mol. The van der Waals surface area contributed by atoms with Crippen molar-refractivity contribution in [1.82, 2.24) is 0 Å². The second-order valence-electron chi connectivity index (χ2n) is 4.12. The van der Waals surface area contributed by atoms with E-state index in [2.05, 4.69) is 0 Å². The van der Waals surface area contributed by atoms with Crippen LogP contribution in [0.3, 0.4) is 0 Å². The Labute approximate surface area is 99.0 Å². The van der Waals surface area contributed by atoms with Gasteiger partial charge in [-0.3, -0.25) is 4.79 Å². The summed E-state index contributed by atoms with van der Waals surface area (Å²) in [5.41, 5.74) is 1.61. The van der Waals surface area contributed by atoms with Crippen LogP contribution < -0.4 is 4.74 Å². The Morgan fingerprint density at radius 1 is 1.56 bits per heavy atom. The summed E-state index contributed by atoms with van der Waals surface area (Å²) in [6.07, 6.45) is 2.21. The van der Waals surface area contributed by atoms with Gasteiger partial charge in [-0.05, 0) is 31.4 Å². The summed E-state index contributed by atoms with van der Waals surface area (Å²) < 4.78 is 5.65. The molecule has 1 aliphatic carbocycles. The first-order chi connectivity index (χ1) is 7.56. The molecule has 1 saturated carbocycles. The number of halogens is 1. The van der Waals surface area contributed by atoms with E-state index in [0.29, 0.717) is 16.3 Å². The van der Waals surface area contributed by atoms with Crippen molar-refractivity contribution in [1.29, 1.82) is 0 Å². The molecule has 0 saturated heterocycles. The summed E-state index contributed by atoms with van der Waals surface area (Å²) in [4.78, 5) is 10.7. The fourth-order valence-corrected chi connectivity index (χ4v) is 1.92. The first-order valence-electron chi connectivity index (χ1n) is 5.23. The molecule has 4 heteroatoms. The van der Waals surface area contributed by atoms with Crippen molar-refractivity contribution in [3.05, 3.63) is 28.3 Å². The number of carbonyl (C=O) groups is 1. The Kier molecular flexibility index (Phi) is 3.06. The van der Waals surface area contributed by atoms with Gasteiger partial charge in [0.15, 0.2) is 0 Å². The van der Waals surface area contributed by atoms with Crippen LogP contribution in [0.2, 0.25) is 5.02 Å². The van der Waals surface area contributed by atoms with Gasteiger partial charge in [0, 0.05) is 5.56 Å². The average Bonchev–Trinajstić information content (AvgIpc) is 2.93. The number of ether oxygens (including phenoxy) is 1. The summed E-state index contributed by atoms with van der Waals surface area (Å²) in [5.74, 6) is -0.334. The summed E-state index contributed by atoms with van der Waals surface area (Å²) >= 11 is 6.07. The number of hydrogen-bond acceptors (Lipinski definition) is 2. The van der Waals surface area contributed by atoms with Crippen molar-refractivity contribution in [2.75, 3.05) is 0 Å². The van der Waals surface area contributed by atoms with Crippen molar-refractivity contribution in [2.24, 2.45) is 0 Å². The first-order valence-corrected chi connectivity index (χ1v) is 5.61. The van der Waals surface area contributed by atoms with Crippen molar-refractivity contribution < 1.29 is 14.6 Å². The standard InChI is InChI=1S/C12H13ClO3/c1-7-4-8(6-11(14)15)12(10(13)5-7)16-9-2-3-9/h4-5,9H,2-3,6H2,1H3,(H,14,15). The highest BCUT2D eigenvalue weighted by Crippen LogP contribution is 2.35. The molecule has 1 aliphatic rings. The van der Waals surface area contributed by atoms with Crippen molar-refractivity contribution in [3.8, 4) is 5.75 Å². The van der Waals surface area contributed by atoms with E-state index in [1.54, 1.807) is 6.07 Å². The van der Waals surface area contributed by atoms with Gasteiger partial charge in [-0.25, -0.2) is 0 Å². The normalized spacial score (nSPS) is 14.9. The highest BCUT2D eigenvalue weighted by Gasteiger charge is 2.26. The van der Waals surface area contributed by atoms with Crippen LogP contribution in [0.5, 0.6) is 5.75 Å². The van der Waals surface area contributed by atoms with Gasteiger partial charge < -0.3 is 9.84 Å². The molecule has 0 heterocycles. The molecule has 3 nitrogen and oxygen atoms in total. The fraction of sp³-hybridized carbons (Fsp3) is 0.417. The van der Waals surface area contributed by atoms with Crippen LogP contribution >= 0.6 is 11.6 Å². The number of aliphatic carboxylic acids is 1. The van der Waals surface area contributed by atoms with Crippen LogP contribution in [0.1, 0.15) is 24.0 Å². The Balaban J connectivity index is 2.32. The van der Waals surface area contributed by atoms with Crippen LogP contribution in [-0.4, -0.2) is 17.2 Å². The first kappa shape index (κ1) is 11.3. The number of benzene rings is 1. The number of carboxylic acid groups (broad SMARTS) is 1. The van der Waals surface area contributed by atoms with Gasteiger partial charge in [-0.15, -0.1) is 0 Å². The molecule has 0 radical (unpaired) electrons. The number of hydrogen-bond donors (Lipinski definition) is 1. The van der Waals surface area contributed by atoms with Crippen molar-refractivity contribution in [2.45, 2.75) is 32.3 Å². The maximum atomic E-state index is 10.7. The van der Waals surface area contributed by atoms with Crippen LogP contribution in [0.4, 0.5) is 0 Å². The monoisotopic (exact) mass is 240 g/mol. The molecule has 1 N–H and O–H groups in total. The molecular formula is C12H13ClO3. The quantitative estimate of drug-likeness (QED) is 0.880. The lowest BCUT2D eigenvalue weighted by Gasteiger charge is -2.12. The lowest BCUT2D eigenvalue weighted by molar-refractivity contribution is -0.136. The van der Waals surface area contributed by atoms with E-state index in [9.17, 15) is 4.79 Å². The van der Waals surface area contributed by atoms with Gasteiger partial charge in [-0.1, -0.05) is 17.7 Å². The van der Waals surface area contributed by atoms with E-state index in [-0.39, 0.29) is 12.5 Å². The van der Waals surface area contributed by atoms with Crippen molar-refractivity contribution in [3.63, 3.8) is 0 Å². The summed E-state index contributed by atoms with van der Waals surface area (Å²) in [6, 6.07) is 3.61. The molecule has 1 aromatic rings. The van der Waals surface area contributed by atoms with E-state index in [0.717, 1.165) is 18.4 Å². The van der Waals surface area contributed by atoms with E-state index in [4.69, 9.17) is 21.4 Å². The molecule has 0 unspecified atom stereocenters. The van der Waals surface area contributed by atoms with Gasteiger partial charge in [0.1, 0.15) is 5.75 Å². The lowest BCUT2D eigenvalue weighted by atomic mass is 10.1. The highest BCUT2D eigenvalue weighted by atomic mass is 35.5. The minimum atomic E-state index is -0.873. The number of aryl methyl sites for hydroxylation is 1. The minimum absolute atomic E-state index is 0.0521. The Morgan fingerprint density at radius 2 is 2.25 bits per heavy atom. The van der Waals surface area contributed by atoms with Crippen LogP contribution in [-0.2, 0) is 11.2 Å². The SMILES string of the molecule is Cc1cc(Cl)c(OC2CC2)c(CC(=O)O)c1. The van der Waals surface area contributed by atoms with Crippen LogP contribution in [0, 0.1) is 6.92 Å². The molecule has 0 amide bonds. The second-order valence-corrected chi connectivity index (χ2v) is 4.53. The Morgan fingerprint density at radius 3 is 2.81 bits per heavy atom. The van der Waals surface area contributed by atoms with Gasteiger partial charge in [0.05, 0.1) is 17.5 Å². The zero-order valence-corrected chi connectivity index (χ0v) is 9.75. The van der Waals surface area contributed by atoms with Gasteiger partial charge in [0.2, 0.25) is 0 Å². The van der Waals surface area contributed by atoms with Crippen molar-refractivity contribution >= 4 is 17.6 Å². The van der Waals surface area contributed by atoms with E-state index in [1.165, 1.54) is 0 Å². The molecule has 16 heavy (non-hydrogen) atoms. The van der Waals surface area contributed by atoms with E-state index < -0.39 is 5.97 Å². The maximum Gasteiger partial charge on any atom is 0.307 e. The molecule has 0 bridgehead atoms. The molecule has 0 aliphatic heterocycles. The third kappa shape index (κ3) is 2.67. The molecule has 86 valence electrons. The van der Waals surface area contributed by atoms with Gasteiger partial charge in [0.25, 0.3) is 0 Å². The average molecular weight is 241 g/mol. The lowest BCUT2D eigenvalue weighted by Crippen LogP contribution is -2.06. The van der Waals surface area contributed by atoms with Crippen LogP contribution in [0.25, 0.3) is 0 Å². The Hall–Kier alpha value is -1.22. The van der Waals surface area contributed by atoms with Crippen LogP contribution in [0.15, 0.2) is 12.1 Å².